The Morgan fingerprint density at radius 1 is 1.12 bits per heavy atom. The van der Waals surface area contributed by atoms with E-state index in [2.05, 4.69) is 5.32 Å². The molecule has 0 saturated carbocycles. The number of ketones is 1. The minimum atomic E-state index is -0.633. The molecule has 0 bridgehead atoms. The number of esters is 1. The number of benzene rings is 2. The summed E-state index contributed by atoms with van der Waals surface area (Å²) < 4.78 is 5.05. The van der Waals surface area contributed by atoms with E-state index in [0.717, 1.165) is 0 Å². The fourth-order valence-corrected chi connectivity index (χ4v) is 2.81. The Hall–Kier alpha value is -3.11. The lowest BCUT2D eigenvalue weighted by molar-refractivity contribution is -0.119. The molecule has 0 aliphatic carbocycles. The predicted octanol–water partition coefficient (Wildman–Crippen LogP) is 3.03. The van der Waals surface area contributed by atoms with Crippen molar-refractivity contribution >= 4 is 35.1 Å². The Bertz CT molecular complexity index is 857. The zero-order valence-electron chi connectivity index (χ0n) is 14.0. The van der Waals surface area contributed by atoms with E-state index in [1.807, 2.05) is 6.07 Å². The fraction of sp³-hybridized carbons (Fsp3) is 0.158. The number of ether oxygens (including phenoxy) is 1. The van der Waals surface area contributed by atoms with Crippen LogP contribution in [0.25, 0.3) is 0 Å². The quantitative estimate of drug-likeness (QED) is 0.596. The van der Waals surface area contributed by atoms with Crippen LogP contribution < -0.4 is 5.32 Å². The number of carbonyl (C=O) groups is 3. The van der Waals surface area contributed by atoms with Gasteiger partial charge in [-0.1, -0.05) is 12.1 Å². The molecular weight excluding hydrogens is 352 g/mol. The van der Waals surface area contributed by atoms with Crippen molar-refractivity contribution in [3.05, 3.63) is 59.7 Å². The normalized spacial score (nSPS) is 9.85. The van der Waals surface area contributed by atoms with Gasteiger partial charge in [-0.15, -0.1) is 11.8 Å². The summed E-state index contributed by atoms with van der Waals surface area (Å²) in [6.07, 6.45) is 0. The van der Waals surface area contributed by atoms with Gasteiger partial charge in [-0.2, -0.15) is 5.26 Å². The van der Waals surface area contributed by atoms with E-state index in [9.17, 15) is 14.4 Å². The molecule has 7 heteroatoms. The number of amides is 1. The van der Waals surface area contributed by atoms with E-state index in [1.54, 1.807) is 48.5 Å². The number of hydrogen-bond acceptors (Lipinski definition) is 6. The number of nitrogens with one attached hydrogen (secondary N) is 1. The van der Waals surface area contributed by atoms with Gasteiger partial charge in [-0.05, 0) is 43.3 Å². The highest BCUT2D eigenvalue weighted by Gasteiger charge is 2.15. The monoisotopic (exact) mass is 368 g/mol. The number of anilines is 1. The van der Waals surface area contributed by atoms with Crippen LogP contribution in [0.3, 0.4) is 0 Å². The van der Waals surface area contributed by atoms with Gasteiger partial charge in [0.15, 0.2) is 6.61 Å². The first-order valence-corrected chi connectivity index (χ1v) is 8.66. The molecule has 0 unspecified atom stereocenters. The van der Waals surface area contributed by atoms with Crippen LogP contribution in [0, 0.1) is 11.3 Å². The second kappa shape index (κ2) is 9.39. The zero-order chi connectivity index (χ0) is 18.9. The lowest BCUT2D eigenvalue weighted by Gasteiger charge is -2.09. The molecule has 0 saturated heterocycles. The van der Waals surface area contributed by atoms with Gasteiger partial charge in [-0.3, -0.25) is 9.59 Å². The van der Waals surface area contributed by atoms with Gasteiger partial charge in [-0.25, -0.2) is 4.79 Å². The third kappa shape index (κ3) is 5.76. The Morgan fingerprint density at radius 3 is 2.46 bits per heavy atom. The molecule has 6 nitrogen and oxygen atoms in total. The highest BCUT2D eigenvalue weighted by Crippen LogP contribution is 2.23. The van der Waals surface area contributed by atoms with E-state index in [4.69, 9.17) is 10.00 Å². The highest BCUT2D eigenvalue weighted by molar-refractivity contribution is 8.00. The molecule has 0 aromatic heterocycles. The summed E-state index contributed by atoms with van der Waals surface area (Å²) in [5, 5.41) is 11.3. The van der Waals surface area contributed by atoms with Crippen LogP contribution in [0.2, 0.25) is 0 Å². The van der Waals surface area contributed by atoms with Gasteiger partial charge in [0, 0.05) is 10.6 Å². The van der Waals surface area contributed by atoms with Crippen LogP contribution in [0.5, 0.6) is 0 Å². The Balaban J connectivity index is 1.92. The average Bonchev–Trinajstić information content (AvgIpc) is 2.65. The minimum Gasteiger partial charge on any atom is -0.452 e. The van der Waals surface area contributed by atoms with Crippen molar-refractivity contribution in [1.29, 1.82) is 5.26 Å². The van der Waals surface area contributed by atoms with Gasteiger partial charge < -0.3 is 10.1 Å². The van der Waals surface area contributed by atoms with Crippen LogP contribution in [0.1, 0.15) is 22.8 Å². The van der Waals surface area contributed by atoms with Crippen molar-refractivity contribution < 1.29 is 19.1 Å². The summed E-state index contributed by atoms with van der Waals surface area (Å²) in [6.45, 7) is 1.03. The van der Waals surface area contributed by atoms with Gasteiger partial charge >= 0.3 is 5.97 Å². The first-order valence-electron chi connectivity index (χ1n) is 7.68. The smallest absolute Gasteiger partial charge is 0.339 e. The molecule has 0 aliphatic rings. The number of hydrogen-bond donors (Lipinski definition) is 1. The van der Waals surface area contributed by atoms with E-state index in [0.29, 0.717) is 21.7 Å². The van der Waals surface area contributed by atoms with Crippen molar-refractivity contribution in [2.45, 2.75) is 11.8 Å². The number of nitriles is 1. The van der Waals surface area contributed by atoms with E-state index in [-0.39, 0.29) is 11.5 Å². The van der Waals surface area contributed by atoms with Crippen molar-refractivity contribution in [2.75, 3.05) is 17.7 Å². The molecule has 26 heavy (non-hydrogen) atoms. The standard InChI is InChI=1S/C19H16N2O4S/c1-13(22)12-26-17-5-3-2-4-16(17)19(24)25-11-18(23)21-15-8-6-14(10-20)7-9-15/h2-9H,11-12H2,1H3,(H,21,23). The predicted molar refractivity (Wildman–Crippen MR) is 97.9 cm³/mol. The third-order valence-electron chi connectivity index (χ3n) is 3.17. The van der Waals surface area contributed by atoms with Crippen LogP contribution in [0.15, 0.2) is 53.4 Å². The molecule has 0 aliphatic heterocycles. The summed E-state index contributed by atoms with van der Waals surface area (Å²) >= 11 is 1.25. The van der Waals surface area contributed by atoms with Crippen molar-refractivity contribution in [3.8, 4) is 6.07 Å². The molecule has 0 radical (unpaired) electrons. The molecule has 0 heterocycles. The first kappa shape index (κ1) is 19.2. The molecule has 2 aromatic carbocycles. The topological polar surface area (TPSA) is 96.3 Å². The lowest BCUT2D eigenvalue weighted by atomic mass is 10.2. The SMILES string of the molecule is CC(=O)CSc1ccccc1C(=O)OCC(=O)Nc1ccc(C#N)cc1. The minimum absolute atomic E-state index is 0.0000326. The van der Waals surface area contributed by atoms with Crippen LogP contribution in [-0.4, -0.2) is 30.0 Å². The maximum Gasteiger partial charge on any atom is 0.339 e. The highest BCUT2D eigenvalue weighted by atomic mass is 32.2. The molecule has 2 aromatic rings. The summed E-state index contributed by atoms with van der Waals surface area (Å²) in [4.78, 5) is 35.9. The van der Waals surface area contributed by atoms with Crippen molar-refractivity contribution in [3.63, 3.8) is 0 Å². The maximum atomic E-state index is 12.2. The van der Waals surface area contributed by atoms with Crippen LogP contribution >= 0.6 is 11.8 Å². The Labute approximate surface area is 155 Å². The summed E-state index contributed by atoms with van der Waals surface area (Å²) in [6, 6.07) is 15.1. The second-order valence-corrected chi connectivity index (χ2v) is 6.32. The number of thioether (sulfide) groups is 1. The maximum absolute atomic E-state index is 12.2. The van der Waals surface area contributed by atoms with Gasteiger partial charge in [0.1, 0.15) is 5.78 Å². The summed E-state index contributed by atoms with van der Waals surface area (Å²) in [5.41, 5.74) is 1.29. The Kier molecular flexibility index (Phi) is 6.94. The zero-order valence-corrected chi connectivity index (χ0v) is 14.8. The third-order valence-corrected chi connectivity index (χ3v) is 4.39. The number of carbonyl (C=O) groups excluding carboxylic acids is 3. The van der Waals surface area contributed by atoms with Crippen molar-refractivity contribution in [2.24, 2.45) is 0 Å². The summed E-state index contributed by atoms with van der Waals surface area (Å²) in [7, 11) is 0. The van der Waals surface area contributed by atoms with Gasteiger partial charge in [0.2, 0.25) is 0 Å². The number of Topliss-reactive ketones (excluding diaryl/α,β-unsaturated/α-hetero) is 1. The van der Waals surface area contributed by atoms with E-state index < -0.39 is 18.5 Å². The molecule has 0 fully saturated rings. The number of rotatable bonds is 7. The van der Waals surface area contributed by atoms with Gasteiger partial charge in [0.25, 0.3) is 5.91 Å². The largest absolute Gasteiger partial charge is 0.452 e. The molecule has 132 valence electrons. The molecule has 1 amide bonds. The molecule has 2 rings (SSSR count). The molecule has 0 spiro atoms. The Morgan fingerprint density at radius 2 is 1.81 bits per heavy atom. The second-order valence-electron chi connectivity index (χ2n) is 5.30. The van der Waals surface area contributed by atoms with E-state index in [1.165, 1.54) is 18.7 Å². The number of nitrogens with zero attached hydrogens (tertiary/aromatic N) is 1. The van der Waals surface area contributed by atoms with Crippen LogP contribution in [0.4, 0.5) is 5.69 Å². The lowest BCUT2D eigenvalue weighted by Crippen LogP contribution is -2.21. The summed E-state index contributed by atoms with van der Waals surface area (Å²) in [5.74, 6) is -0.868. The fourth-order valence-electron chi connectivity index (χ4n) is 1.97. The van der Waals surface area contributed by atoms with E-state index >= 15 is 0 Å². The molecule has 1 N–H and O–H groups in total. The molecular formula is C19H16N2O4S. The first-order chi connectivity index (χ1) is 12.5. The van der Waals surface area contributed by atoms with Gasteiger partial charge in [0.05, 0.1) is 22.9 Å². The molecule has 0 atom stereocenters. The van der Waals surface area contributed by atoms with Crippen LogP contribution in [-0.2, 0) is 14.3 Å². The average molecular weight is 368 g/mol. The van der Waals surface area contributed by atoms with Crippen molar-refractivity contribution in [1.82, 2.24) is 0 Å².